The van der Waals surface area contributed by atoms with Crippen molar-refractivity contribution in [2.24, 2.45) is 5.73 Å². The third-order valence-corrected chi connectivity index (χ3v) is 2.61. The van der Waals surface area contributed by atoms with Gasteiger partial charge in [-0.2, -0.15) is 0 Å². The first kappa shape index (κ1) is 18.4. The lowest BCUT2D eigenvalue weighted by Crippen LogP contribution is -2.35. The van der Waals surface area contributed by atoms with E-state index in [0.717, 1.165) is 5.56 Å². The molecule has 0 aliphatic carbocycles. The number of benzene rings is 1. The largest absolute Gasteiger partial charge is 0.370 e. The van der Waals surface area contributed by atoms with E-state index >= 15 is 0 Å². The fourth-order valence-corrected chi connectivity index (χ4v) is 1.56. The Hall–Kier alpha value is -1.63. The van der Waals surface area contributed by atoms with E-state index in [2.05, 4.69) is 10.6 Å². The van der Waals surface area contributed by atoms with Crippen LogP contribution in [0.25, 0.3) is 0 Å². The van der Waals surface area contributed by atoms with Gasteiger partial charge in [-0.05, 0) is 24.6 Å². The number of ether oxygens (including phenoxy) is 1. The topological polar surface area (TPSA) is 93.4 Å². The van der Waals surface area contributed by atoms with Crippen molar-refractivity contribution in [3.8, 4) is 0 Å². The van der Waals surface area contributed by atoms with E-state index in [0.29, 0.717) is 11.4 Å². The quantitative estimate of drug-likeness (QED) is 0.764. The Morgan fingerprint density at radius 2 is 2.00 bits per heavy atom. The zero-order valence-corrected chi connectivity index (χ0v) is 12.5. The maximum absolute atomic E-state index is 11.8. The van der Waals surface area contributed by atoms with Crippen LogP contribution in [0.2, 0.25) is 0 Å². The molecule has 0 aliphatic rings. The predicted molar refractivity (Wildman–Crippen MR) is 81.2 cm³/mol. The van der Waals surface area contributed by atoms with Crippen LogP contribution in [0.4, 0.5) is 11.4 Å². The number of methoxy groups -OCH3 is 1. The van der Waals surface area contributed by atoms with Crippen molar-refractivity contribution < 1.29 is 14.3 Å². The molecule has 0 spiro atoms. The number of hydrogen-bond donors (Lipinski definition) is 3. The highest BCUT2D eigenvalue weighted by Crippen LogP contribution is 2.20. The Morgan fingerprint density at radius 3 is 2.50 bits per heavy atom. The highest BCUT2D eigenvalue weighted by atomic mass is 35.5. The van der Waals surface area contributed by atoms with Crippen molar-refractivity contribution >= 4 is 35.6 Å². The third kappa shape index (κ3) is 5.16. The molecular weight excluding hydrogens is 282 g/mol. The molecule has 4 N–H and O–H groups in total. The second-order valence-corrected chi connectivity index (χ2v) is 4.16. The molecule has 20 heavy (non-hydrogen) atoms. The molecule has 0 aliphatic heterocycles. The molecule has 0 radical (unpaired) electrons. The Morgan fingerprint density at radius 1 is 1.35 bits per heavy atom. The van der Waals surface area contributed by atoms with E-state index in [-0.39, 0.29) is 30.8 Å². The number of rotatable bonds is 5. The summed E-state index contributed by atoms with van der Waals surface area (Å²) >= 11 is 0. The molecule has 1 aromatic carbocycles. The first-order chi connectivity index (χ1) is 8.97. The molecule has 1 atom stereocenters. The number of carbonyl (C=O) groups is 2. The molecule has 1 aromatic rings. The molecule has 0 saturated heterocycles. The summed E-state index contributed by atoms with van der Waals surface area (Å²) in [5.74, 6) is -0.481. The minimum absolute atomic E-state index is 0. The lowest BCUT2D eigenvalue weighted by atomic mass is 10.1. The average Bonchev–Trinajstić information content (AvgIpc) is 2.34. The summed E-state index contributed by atoms with van der Waals surface area (Å²) in [6.45, 7) is 3.40. The van der Waals surface area contributed by atoms with E-state index in [1.807, 2.05) is 13.0 Å². The van der Waals surface area contributed by atoms with Gasteiger partial charge in [0, 0.05) is 32.0 Å². The fraction of sp³-hybridized carbons (Fsp3) is 0.385. The summed E-state index contributed by atoms with van der Waals surface area (Å²) in [7, 11) is 1.43. The van der Waals surface area contributed by atoms with Crippen molar-refractivity contribution in [1.29, 1.82) is 0 Å². The molecule has 0 bridgehead atoms. The molecule has 0 fully saturated rings. The van der Waals surface area contributed by atoms with Gasteiger partial charge in [0.2, 0.25) is 5.91 Å². The highest BCUT2D eigenvalue weighted by molar-refractivity contribution is 5.96. The van der Waals surface area contributed by atoms with E-state index < -0.39 is 6.10 Å². The average molecular weight is 302 g/mol. The van der Waals surface area contributed by atoms with Gasteiger partial charge in [-0.25, -0.2) is 0 Å². The fourth-order valence-electron chi connectivity index (χ4n) is 1.56. The summed E-state index contributed by atoms with van der Waals surface area (Å²) in [5, 5.41) is 5.39. The Kier molecular flexibility index (Phi) is 7.83. The van der Waals surface area contributed by atoms with Crippen molar-refractivity contribution in [2.75, 3.05) is 24.3 Å². The lowest BCUT2D eigenvalue weighted by Gasteiger charge is -2.14. The molecule has 7 heteroatoms. The van der Waals surface area contributed by atoms with Gasteiger partial charge in [0.1, 0.15) is 6.10 Å². The van der Waals surface area contributed by atoms with Crippen LogP contribution in [0.3, 0.4) is 0 Å². The molecule has 112 valence electrons. The van der Waals surface area contributed by atoms with Gasteiger partial charge in [0.05, 0.1) is 0 Å². The van der Waals surface area contributed by atoms with Crippen molar-refractivity contribution in [3.63, 3.8) is 0 Å². The number of halogens is 1. The first-order valence-electron chi connectivity index (χ1n) is 5.90. The third-order valence-electron chi connectivity index (χ3n) is 2.61. The zero-order valence-electron chi connectivity index (χ0n) is 11.7. The second-order valence-electron chi connectivity index (χ2n) is 4.16. The maximum Gasteiger partial charge on any atom is 0.254 e. The number of carbonyl (C=O) groups excluding carboxylic acids is 2. The van der Waals surface area contributed by atoms with Crippen LogP contribution in [-0.4, -0.2) is 31.6 Å². The van der Waals surface area contributed by atoms with E-state index in [1.54, 1.807) is 12.1 Å². The molecule has 0 saturated carbocycles. The summed E-state index contributed by atoms with van der Waals surface area (Å²) in [4.78, 5) is 22.9. The molecule has 1 unspecified atom stereocenters. The monoisotopic (exact) mass is 301 g/mol. The standard InChI is InChI=1S/C13H19N3O3.ClH/c1-8-4-5-10(6-11(8)15-9(2)17)16-13(18)12(7-14)19-3;/h4-6,12H,7,14H2,1-3H3,(H,15,17)(H,16,18);1H. The maximum atomic E-state index is 11.8. The van der Waals surface area contributed by atoms with Gasteiger partial charge in [-0.15, -0.1) is 12.4 Å². The number of hydrogen-bond acceptors (Lipinski definition) is 4. The minimum atomic E-state index is -0.689. The SMILES string of the molecule is COC(CN)C(=O)Nc1ccc(C)c(NC(C)=O)c1.Cl. The summed E-state index contributed by atoms with van der Waals surface area (Å²) in [6, 6.07) is 5.25. The van der Waals surface area contributed by atoms with Gasteiger partial charge in [0.25, 0.3) is 5.91 Å². The molecular formula is C13H20ClN3O3. The zero-order chi connectivity index (χ0) is 14.4. The van der Waals surface area contributed by atoms with Crippen LogP contribution < -0.4 is 16.4 Å². The Labute approximate surface area is 124 Å². The molecule has 0 aromatic heterocycles. The summed E-state index contributed by atoms with van der Waals surface area (Å²) in [5.41, 5.74) is 7.57. The molecule has 2 amide bonds. The summed E-state index contributed by atoms with van der Waals surface area (Å²) < 4.78 is 4.95. The second kappa shape index (κ2) is 8.52. The van der Waals surface area contributed by atoms with Gasteiger partial charge >= 0.3 is 0 Å². The van der Waals surface area contributed by atoms with Gasteiger partial charge in [-0.3, -0.25) is 9.59 Å². The van der Waals surface area contributed by atoms with Crippen LogP contribution in [-0.2, 0) is 14.3 Å². The van der Waals surface area contributed by atoms with Gasteiger partial charge in [0.15, 0.2) is 0 Å². The number of nitrogens with one attached hydrogen (secondary N) is 2. The van der Waals surface area contributed by atoms with E-state index in [1.165, 1.54) is 14.0 Å². The molecule has 0 heterocycles. The van der Waals surface area contributed by atoms with Crippen LogP contribution >= 0.6 is 12.4 Å². The van der Waals surface area contributed by atoms with Crippen LogP contribution in [0.15, 0.2) is 18.2 Å². The Bertz CT molecular complexity index is 476. The van der Waals surface area contributed by atoms with Crippen molar-refractivity contribution in [2.45, 2.75) is 20.0 Å². The number of anilines is 2. The number of amides is 2. The molecule has 1 rings (SSSR count). The van der Waals surface area contributed by atoms with Gasteiger partial charge in [-0.1, -0.05) is 6.07 Å². The first-order valence-corrected chi connectivity index (χ1v) is 5.90. The van der Waals surface area contributed by atoms with Crippen LogP contribution in [0, 0.1) is 6.92 Å². The summed E-state index contributed by atoms with van der Waals surface area (Å²) in [6.07, 6.45) is -0.689. The van der Waals surface area contributed by atoms with Crippen LogP contribution in [0.1, 0.15) is 12.5 Å². The van der Waals surface area contributed by atoms with E-state index in [4.69, 9.17) is 10.5 Å². The highest BCUT2D eigenvalue weighted by Gasteiger charge is 2.16. The van der Waals surface area contributed by atoms with Gasteiger partial charge < -0.3 is 21.1 Å². The van der Waals surface area contributed by atoms with Crippen molar-refractivity contribution in [3.05, 3.63) is 23.8 Å². The molecule has 6 nitrogen and oxygen atoms in total. The predicted octanol–water partition coefficient (Wildman–Crippen LogP) is 1.29. The lowest BCUT2D eigenvalue weighted by molar-refractivity contribution is -0.125. The smallest absolute Gasteiger partial charge is 0.254 e. The van der Waals surface area contributed by atoms with Crippen molar-refractivity contribution in [1.82, 2.24) is 0 Å². The Balaban J connectivity index is 0.00000361. The minimum Gasteiger partial charge on any atom is -0.370 e. The normalized spacial score (nSPS) is 11.2. The number of nitrogens with two attached hydrogens (primary N) is 1. The van der Waals surface area contributed by atoms with E-state index in [9.17, 15) is 9.59 Å². The number of aryl methyl sites for hydroxylation is 1. The van der Waals surface area contributed by atoms with Crippen LogP contribution in [0.5, 0.6) is 0 Å².